The Kier molecular flexibility index (Phi) is 6.89. The van der Waals surface area contributed by atoms with Crippen molar-refractivity contribution in [1.82, 2.24) is 9.88 Å². The van der Waals surface area contributed by atoms with Gasteiger partial charge in [0.1, 0.15) is 0 Å². The molecule has 0 bridgehead atoms. The molecule has 2 N–H and O–H groups in total. The number of halogens is 2. The number of fused-ring (bicyclic) bond motifs is 1. The van der Waals surface area contributed by atoms with Crippen molar-refractivity contribution in [2.75, 3.05) is 6.54 Å². The Morgan fingerprint density at radius 3 is 2.62 bits per heavy atom. The van der Waals surface area contributed by atoms with Gasteiger partial charge in [0.2, 0.25) is 0 Å². The molecule has 1 aliphatic carbocycles. The zero-order valence-corrected chi connectivity index (χ0v) is 16.7. The number of nitrogens with zero attached hydrogens (tertiary/aromatic N) is 2. The second kappa shape index (κ2) is 8.55. The normalized spacial score (nSPS) is 20.8. The topological polar surface area (TPSA) is 59.2 Å². The van der Waals surface area contributed by atoms with E-state index in [4.69, 9.17) is 10.7 Å². The monoisotopic (exact) mass is 395 g/mol. The van der Waals surface area contributed by atoms with E-state index >= 15 is 0 Å². The summed E-state index contributed by atoms with van der Waals surface area (Å²) < 4.78 is 0. The van der Waals surface area contributed by atoms with Gasteiger partial charge in [0.25, 0.3) is 5.91 Å². The highest BCUT2D eigenvalue weighted by molar-refractivity contribution is 6.06. The molecule has 2 aliphatic rings. The highest BCUT2D eigenvalue weighted by Crippen LogP contribution is 2.40. The van der Waals surface area contributed by atoms with E-state index in [2.05, 4.69) is 0 Å². The predicted octanol–water partition coefficient (Wildman–Crippen LogP) is 4.30. The van der Waals surface area contributed by atoms with E-state index < -0.39 is 0 Å². The van der Waals surface area contributed by atoms with Gasteiger partial charge in [-0.25, -0.2) is 0 Å². The van der Waals surface area contributed by atoms with Gasteiger partial charge in [-0.1, -0.05) is 18.2 Å². The zero-order valence-electron chi connectivity index (χ0n) is 15.1. The van der Waals surface area contributed by atoms with Gasteiger partial charge in [0.15, 0.2) is 0 Å². The third kappa shape index (κ3) is 3.98. The Bertz CT molecular complexity index is 777. The molecule has 2 unspecified atom stereocenters. The molecule has 1 aromatic carbocycles. The van der Waals surface area contributed by atoms with Crippen molar-refractivity contribution in [2.45, 2.75) is 57.0 Å². The van der Waals surface area contributed by atoms with Crippen molar-refractivity contribution in [1.29, 1.82) is 0 Å². The Labute approximate surface area is 167 Å². The number of nitrogens with two attached hydrogens (primary N) is 1. The smallest absolute Gasteiger partial charge is 0.254 e. The van der Waals surface area contributed by atoms with Gasteiger partial charge in [-0.15, -0.1) is 24.8 Å². The second-order valence-electron chi connectivity index (χ2n) is 7.31. The van der Waals surface area contributed by atoms with Crippen molar-refractivity contribution < 1.29 is 4.79 Å². The minimum atomic E-state index is 0. The summed E-state index contributed by atoms with van der Waals surface area (Å²) in [6, 6.07) is 10.2. The first-order valence-corrected chi connectivity index (χ1v) is 9.11. The fourth-order valence-corrected chi connectivity index (χ4v) is 3.87. The fraction of sp³-hybridized carbons (Fsp3) is 0.500. The lowest BCUT2D eigenvalue weighted by Crippen LogP contribution is -2.51. The van der Waals surface area contributed by atoms with E-state index in [0.717, 1.165) is 48.0 Å². The standard InChI is InChI=1S/C20H25N3O.2ClH/c1-13(21)19-8-4-5-11-23(19)20(24)16-12-18(14-9-10-14)22-17-7-3-2-6-15(16)17;;/h2-3,6-7,12-14,19H,4-5,8-11,21H2,1H3;2*1H. The highest BCUT2D eigenvalue weighted by atomic mass is 35.5. The largest absolute Gasteiger partial charge is 0.334 e. The first kappa shape index (κ1) is 20.9. The van der Waals surface area contributed by atoms with E-state index in [0.29, 0.717) is 5.92 Å². The minimum absolute atomic E-state index is 0. The van der Waals surface area contributed by atoms with Crippen LogP contribution < -0.4 is 5.73 Å². The van der Waals surface area contributed by atoms with Crippen molar-refractivity contribution >= 4 is 41.6 Å². The first-order chi connectivity index (χ1) is 11.6. The third-order valence-electron chi connectivity index (χ3n) is 5.38. The van der Waals surface area contributed by atoms with E-state index in [1.807, 2.05) is 42.2 Å². The van der Waals surface area contributed by atoms with Gasteiger partial charge in [-0.3, -0.25) is 9.78 Å². The Morgan fingerprint density at radius 1 is 1.19 bits per heavy atom. The molecule has 1 aliphatic heterocycles. The van der Waals surface area contributed by atoms with E-state index in [1.165, 1.54) is 12.8 Å². The molecule has 4 rings (SSSR count). The number of hydrogen-bond donors (Lipinski definition) is 1. The quantitative estimate of drug-likeness (QED) is 0.842. The Balaban J connectivity index is 0.00000121. The minimum Gasteiger partial charge on any atom is -0.334 e. The number of aromatic nitrogens is 1. The fourth-order valence-electron chi connectivity index (χ4n) is 3.87. The van der Waals surface area contributed by atoms with E-state index in [-0.39, 0.29) is 42.8 Å². The number of hydrogen-bond acceptors (Lipinski definition) is 3. The number of para-hydroxylation sites is 1. The molecular weight excluding hydrogens is 369 g/mol. The predicted molar refractivity (Wildman–Crippen MR) is 111 cm³/mol. The zero-order chi connectivity index (χ0) is 16.7. The lowest BCUT2D eigenvalue weighted by Gasteiger charge is -2.38. The molecule has 142 valence electrons. The molecule has 0 spiro atoms. The van der Waals surface area contributed by atoms with Crippen LogP contribution in [0.15, 0.2) is 30.3 Å². The number of benzene rings is 1. The molecule has 1 amide bonds. The maximum atomic E-state index is 13.4. The molecule has 0 radical (unpaired) electrons. The number of carbonyl (C=O) groups is 1. The van der Waals surface area contributed by atoms with Crippen LogP contribution in [-0.2, 0) is 0 Å². The lowest BCUT2D eigenvalue weighted by atomic mass is 9.95. The summed E-state index contributed by atoms with van der Waals surface area (Å²) in [6.07, 6.45) is 5.59. The number of pyridine rings is 1. The first-order valence-electron chi connectivity index (χ1n) is 9.11. The van der Waals surface area contributed by atoms with Crippen molar-refractivity contribution in [2.24, 2.45) is 5.73 Å². The van der Waals surface area contributed by atoms with Gasteiger partial charge in [-0.05, 0) is 51.2 Å². The summed E-state index contributed by atoms with van der Waals surface area (Å²) in [6.45, 7) is 2.82. The molecule has 6 heteroatoms. The van der Waals surface area contributed by atoms with Gasteiger partial charge in [0.05, 0.1) is 11.1 Å². The molecule has 2 heterocycles. The van der Waals surface area contributed by atoms with Crippen LogP contribution in [0.1, 0.15) is 61.0 Å². The summed E-state index contributed by atoms with van der Waals surface area (Å²) in [5.41, 5.74) is 8.97. The van der Waals surface area contributed by atoms with Crippen molar-refractivity contribution in [3.8, 4) is 0 Å². The summed E-state index contributed by atoms with van der Waals surface area (Å²) >= 11 is 0. The van der Waals surface area contributed by atoms with Crippen LogP contribution in [-0.4, -0.2) is 34.4 Å². The van der Waals surface area contributed by atoms with Gasteiger partial charge in [-0.2, -0.15) is 0 Å². The van der Waals surface area contributed by atoms with Crippen LogP contribution in [0.25, 0.3) is 10.9 Å². The summed E-state index contributed by atoms with van der Waals surface area (Å²) in [7, 11) is 0. The molecule has 4 nitrogen and oxygen atoms in total. The molecule has 1 saturated heterocycles. The van der Waals surface area contributed by atoms with Crippen LogP contribution >= 0.6 is 24.8 Å². The number of carbonyl (C=O) groups excluding carboxylic acids is 1. The second-order valence-corrected chi connectivity index (χ2v) is 7.31. The summed E-state index contributed by atoms with van der Waals surface area (Å²) in [5, 5.41) is 0.959. The molecule has 1 saturated carbocycles. The molecule has 26 heavy (non-hydrogen) atoms. The van der Waals surface area contributed by atoms with Crippen LogP contribution in [0, 0.1) is 0 Å². The van der Waals surface area contributed by atoms with Crippen molar-refractivity contribution in [3.63, 3.8) is 0 Å². The number of piperidine rings is 1. The summed E-state index contributed by atoms with van der Waals surface area (Å²) in [4.78, 5) is 20.2. The Hall–Kier alpha value is -1.36. The van der Waals surface area contributed by atoms with Gasteiger partial charge < -0.3 is 10.6 Å². The maximum absolute atomic E-state index is 13.4. The molecule has 2 fully saturated rings. The van der Waals surface area contributed by atoms with Crippen molar-refractivity contribution in [3.05, 3.63) is 41.6 Å². The van der Waals surface area contributed by atoms with Crippen LogP contribution in [0.4, 0.5) is 0 Å². The average molecular weight is 396 g/mol. The van der Waals surface area contributed by atoms with E-state index in [1.54, 1.807) is 0 Å². The van der Waals surface area contributed by atoms with Gasteiger partial charge in [0, 0.05) is 35.6 Å². The van der Waals surface area contributed by atoms with Crippen LogP contribution in [0.5, 0.6) is 0 Å². The molecule has 2 atom stereocenters. The lowest BCUT2D eigenvalue weighted by molar-refractivity contribution is 0.0585. The number of rotatable bonds is 3. The summed E-state index contributed by atoms with van der Waals surface area (Å²) in [5.74, 6) is 0.657. The SMILES string of the molecule is CC(N)C1CCCCN1C(=O)c1cc(C2CC2)nc2ccccc12.Cl.Cl. The third-order valence-corrected chi connectivity index (χ3v) is 5.38. The molecule has 2 aromatic rings. The van der Waals surface area contributed by atoms with Crippen LogP contribution in [0.3, 0.4) is 0 Å². The number of amides is 1. The number of likely N-dealkylation sites (tertiary alicyclic amines) is 1. The average Bonchev–Trinajstić information content (AvgIpc) is 3.45. The molecule has 1 aromatic heterocycles. The molecular formula is C20H27Cl2N3O. The van der Waals surface area contributed by atoms with E-state index in [9.17, 15) is 4.79 Å². The highest BCUT2D eigenvalue weighted by Gasteiger charge is 2.32. The maximum Gasteiger partial charge on any atom is 0.254 e. The van der Waals surface area contributed by atoms with Crippen LogP contribution in [0.2, 0.25) is 0 Å². The van der Waals surface area contributed by atoms with Gasteiger partial charge >= 0.3 is 0 Å². The Morgan fingerprint density at radius 2 is 1.92 bits per heavy atom.